The number of rotatable bonds is 6. The lowest BCUT2D eigenvalue weighted by Gasteiger charge is -2.34. The number of carboxylic acid groups (broad SMARTS) is 1. The second-order valence-electron chi connectivity index (χ2n) is 10.6. The molecule has 2 aliphatic rings. The molecule has 0 saturated carbocycles. The van der Waals surface area contributed by atoms with Crippen LogP contribution in [0.5, 0.6) is 0 Å². The molecule has 0 bridgehead atoms. The molecule has 2 aliphatic heterocycles. The van der Waals surface area contributed by atoms with E-state index in [1.807, 2.05) is 78.6 Å². The fraction of sp³-hybridized carbons (Fsp3) is 0.344. The summed E-state index contributed by atoms with van der Waals surface area (Å²) in [6, 6.07) is 21.1. The van der Waals surface area contributed by atoms with Crippen molar-refractivity contribution in [2.45, 2.75) is 39.3 Å². The van der Waals surface area contributed by atoms with Crippen molar-refractivity contribution in [1.29, 1.82) is 0 Å². The summed E-state index contributed by atoms with van der Waals surface area (Å²) in [6.07, 6.45) is 1.78. The topological polar surface area (TPSA) is 128 Å². The Bertz CT molecular complexity index is 1340. The van der Waals surface area contributed by atoms with Gasteiger partial charge in [-0.05, 0) is 85.0 Å². The minimum absolute atomic E-state index is 0.140. The average molecular weight is 558 g/mol. The van der Waals surface area contributed by atoms with Gasteiger partial charge < -0.3 is 26.4 Å². The molecule has 1 atom stereocenters. The predicted octanol–water partition coefficient (Wildman–Crippen LogP) is 3.98. The third-order valence-corrected chi connectivity index (χ3v) is 7.51. The van der Waals surface area contributed by atoms with Crippen molar-refractivity contribution in [3.63, 3.8) is 0 Å². The highest BCUT2D eigenvalue weighted by atomic mass is 16.4. The summed E-state index contributed by atoms with van der Waals surface area (Å²) in [6.45, 7) is 8.68. The zero-order chi connectivity index (χ0) is 29.4. The number of nitrogens with zero attached hydrogens (tertiary/aromatic N) is 2. The van der Waals surface area contributed by atoms with E-state index in [-0.39, 0.29) is 17.9 Å². The van der Waals surface area contributed by atoms with Crippen molar-refractivity contribution < 1.29 is 19.5 Å². The number of carbonyl (C=O) groups excluding carboxylic acids is 2. The second-order valence-corrected chi connectivity index (χ2v) is 10.6. The number of aryl methyl sites for hydroxylation is 1. The van der Waals surface area contributed by atoms with Gasteiger partial charge in [0.1, 0.15) is 6.04 Å². The maximum Gasteiger partial charge on any atom is 0.320 e. The largest absolute Gasteiger partial charge is 0.480 e. The van der Waals surface area contributed by atoms with Gasteiger partial charge in [0.25, 0.3) is 5.91 Å². The van der Waals surface area contributed by atoms with Crippen LogP contribution < -0.4 is 16.4 Å². The number of nitrogen functional groups attached to an aromatic ring is 1. The number of hydrogen-bond donors (Lipinski definition) is 4. The number of anilines is 2. The highest BCUT2D eigenvalue weighted by Crippen LogP contribution is 2.26. The lowest BCUT2D eigenvalue weighted by molar-refractivity contribution is -0.139. The van der Waals surface area contributed by atoms with Crippen LogP contribution in [0.4, 0.5) is 11.4 Å². The summed E-state index contributed by atoms with van der Waals surface area (Å²) < 4.78 is 0. The van der Waals surface area contributed by atoms with E-state index in [1.165, 1.54) is 5.56 Å². The highest BCUT2D eigenvalue weighted by Gasteiger charge is 2.20. The molecule has 9 nitrogen and oxygen atoms in total. The van der Waals surface area contributed by atoms with Gasteiger partial charge >= 0.3 is 5.97 Å². The van der Waals surface area contributed by atoms with Gasteiger partial charge in [-0.3, -0.25) is 19.3 Å². The first-order valence-electron chi connectivity index (χ1n) is 14.0. The third kappa shape index (κ3) is 8.39. The van der Waals surface area contributed by atoms with Gasteiger partial charge in [0.05, 0.1) is 0 Å². The van der Waals surface area contributed by atoms with Gasteiger partial charge in [-0.1, -0.05) is 30.3 Å². The first-order valence-corrected chi connectivity index (χ1v) is 14.0. The highest BCUT2D eigenvalue weighted by molar-refractivity contribution is 6.04. The van der Waals surface area contributed by atoms with Gasteiger partial charge in [0.2, 0.25) is 5.91 Å². The third-order valence-electron chi connectivity index (χ3n) is 7.51. The summed E-state index contributed by atoms with van der Waals surface area (Å²) in [5, 5.41) is 14.2. The molecule has 5 rings (SSSR count). The quantitative estimate of drug-likeness (QED) is 0.338. The molecule has 0 aromatic heterocycles. The molecule has 0 radical (unpaired) electrons. The van der Waals surface area contributed by atoms with E-state index in [0.29, 0.717) is 5.56 Å². The number of carboxylic acids is 1. The molecule has 3 aromatic carbocycles. The Hall–Kier alpha value is -4.21. The number of carbonyl (C=O) groups is 3. The average Bonchev–Trinajstić information content (AvgIpc) is 3.52. The van der Waals surface area contributed by atoms with Crippen molar-refractivity contribution in [1.82, 2.24) is 15.1 Å². The predicted molar refractivity (Wildman–Crippen MR) is 162 cm³/mol. The molecule has 5 N–H and O–H groups in total. The molecule has 0 aliphatic carbocycles. The molecule has 0 unspecified atom stereocenters. The molecule has 41 heavy (non-hydrogen) atoms. The molecular formula is C32H39N5O4. The Labute approximate surface area is 241 Å². The van der Waals surface area contributed by atoms with E-state index in [1.54, 1.807) is 6.92 Å². The Morgan fingerprint density at radius 2 is 1.66 bits per heavy atom. The van der Waals surface area contributed by atoms with E-state index < -0.39 is 5.97 Å². The van der Waals surface area contributed by atoms with Crippen LogP contribution in [-0.2, 0) is 16.1 Å². The fourth-order valence-electron chi connectivity index (χ4n) is 5.02. The molecule has 9 heteroatoms. The van der Waals surface area contributed by atoms with Crippen molar-refractivity contribution in [3.05, 3.63) is 83.4 Å². The minimum Gasteiger partial charge on any atom is -0.480 e. The number of hydrogen-bond acceptors (Lipinski definition) is 6. The molecule has 3 aromatic rings. The van der Waals surface area contributed by atoms with Crippen LogP contribution in [0.15, 0.2) is 66.7 Å². The normalized spacial score (nSPS) is 16.9. The van der Waals surface area contributed by atoms with Crippen molar-refractivity contribution >= 4 is 29.2 Å². The summed E-state index contributed by atoms with van der Waals surface area (Å²) in [5.74, 6) is -0.717. The van der Waals surface area contributed by atoms with Crippen LogP contribution in [0.25, 0.3) is 11.1 Å². The first kappa shape index (κ1) is 29.8. The first-order chi connectivity index (χ1) is 19.7. The number of nitrogens with two attached hydrogens (primary N) is 1. The van der Waals surface area contributed by atoms with E-state index >= 15 is 0 Å². The number of nitrogens with one attached hydrogen (secondary N) is 2. The van der Waals surface area contributed by atoms with Gasteiger partial charge in [0.15, 0.2) is 0 Å². The minimum atomic E-state index is -0.720. The Morgan fingerprint density at radius 1 is 0.976 bits per heavy atom. The Balaban J connectivity index is 0.000000417. The molecule has 2 amide bonds. The molecule has 2 saturated heterocycles. The van der Waals surface area contributed by atoms with Crippen LogP contribution in [0, 0.1) is 6.92 Å². The van der Waals surface area contributed by atoms with Gasteiger partial charge in [-0.15, -0.1) is 0 Å². The van der Waals surface area contributed by atoms with E-state index in [4.69, 9.17) is 10.8 Å². The maximum atomic E-state index is 12.7. The zero-order valence-corrected chi connectivity index (χ0v) is 23.7. The number of amides is 2. The van der Waals surface area contributed by atoms with Crippen molar-refractivity contribution in [3.8, 4) is 11.1 Å². The summed E-state index contributed by atoms with van der Waals surface area (Å²) >= 11 is 0. The second kappa shape index (κ2) is 13.9. The molecule has 2 heterocycles. The maximum absolute atomic E-state index is 12.7. The standard InChI is InChI=1S/C27H30N4O2.C5H9NO2/c1-19-3-10-24(28)17-26(19)22-6-8-23(9-7-22)27(33)29-25-11-4-21(5-12-25)18-30-13-15-31(16-14-30)20(2)32;7-5(8)4-2-1-3-6-4/h3-12,17H,13-16,18,28H2,1-2H3,(H,29,33);4,6H,1-3H2,(H,7,8)/t;4-/m.1/s1. The number of benzene rings is 3. The van der Waals surface area contributed by atoms with Crippen LogP contribution >= 0.6 is 0 Å². The SMILES string of the molecule is CC(=O)N1CCN(Cc2ccc(NC(=O)c3ccc(-c4cc(N)ccc4C)cc3)cc2)CC1.O=C(O)[C@H]1CCCN1. The molecule has 216 valence electrons. The zero-order valence-electron chi connectivity index (χ0n) is 23.7. The summed E-state index contributed by atoms with van der Waals surface area (Å²) in [7, 11) is 0. The van der Waals surface area contributed by atoms with Crippen LogP contribution in [0.1, 0.15) is 41.3 Å². The smallest absolute Gasteiger partial charge is 0.320 e. The number of aliphatic carboxylic acids is 1. The number of piperazine rings is 1. The molecule has 0 spiro atoms. The molecule has 2 fully saturated rings. The van der Waals surface area contributed by atoms with E-state index in [2.05, 4.69) is 15.5 Å². The molecular weight excluding hydrogens is 518 g/mol. The van der Waals surface area contributed by atoms with Crippen LogP contribution in [0.2, 0.25) is 0 Å². The van der Waals surface area contributed by atoms with E-state index in [0.717, 1.165) is 80.2 Å². The van der Waals surface area contributed by atoms with Crippen LogP contribution in [0.3, 0.4) is 0 Å². The Morgan fingerprint density at radius 3 is 2.22 bits per heavy atom. The monoisotopic (exact) mass is 557 g/mol. The summed E-state index contributed by atoms with van der Waals surface area (Å²) in [5.41, 5.74) is 12.4. The fourth-order valence-corrected chi connectivity index (χ4v) is 5.02. The van der Waals surface area contributed by atoms with Gasteiger partial charge in [-0.25, -0.2) is 0 Å². The van der Waals surface area contributed by atoms with Crippen molar-refractivity contribution in [2.75, 3.05) is 43.8 Å². The van der Waals surface area contributed by atoms with Gasteiger partial charge in [-0.2, -0.15) is 0 Å². The summed E-state index contributed by atoms with van der Waals surface area (Å²) in [4.78, 5) is 38.5. The lowest BCUT2D eigenvalue weighted by atomic mass is 9.99. The Kier molecular flexibility index (Phi) is 10.1. The van der Waals surface area contributed by atoms with Gasteiger partial charge in [0, 0.05) is 56.6 Å². The lowest BCUT2D eigenvalue weighted by Crippen LogP contribution is -2.47. The van der Waals surface area contributed by atoms with Crippen molar-refractivity contribution in [2.24, 2.45) is 0 Å². The van der Waals surface area contributed by atoms with Crippen LogP contribution in [-0.4, -0.2) is 71.5 Å². The van der Waals surface area contributed by atoms with E-state index in [9.17, 15) is 14.4 Å².